The predicted octanol–water partition coefficient (Wildman–Crippen LogP) is 0.292. The molecule has 0 aliphatic carbocycles. The standard InChI is InChI=1S/C18H30N6O/c19-17(25)18(23-7-2-1-3-8-23)4-9-22(10-5-18)14-15-12-16-13-20-6-11-24(16)21-15/h12,20H,1-11,13-14H2,(H2,19,25). The summed E-state index contributed by atoms with van der Waals surface area (Å²) in [6, 6.07) is 2.22. The summed E-state index contributed by atoms with van der Waals surface area (Å²) < 4.78 is 2.12. The Balaban J connectivity index is 1.39. The van der Waals surface area contributed by atoms with Gasteiger partial charge in [0.15, 0.2) is 0 Å². The fourth-order valence-corrected chi connectivity index (χ4v) is 4.68. The first-order valence-electron chi connectivity index (χ1n) is 9.71. The molecule has 2 fully saturated rings. The second-order valence-corrected chi connectivity index (χ2v) is 7.75. The first-order valence-corrected chi connectivity index (χ1v) is 9.71. The van der Waals surface area contributed by atoms with E-state index in [1.54, 1.807) is 0 Å². The Kier molecular flexibility index (Phi) is 4.80. The quantitative estimate of drug-likeness (QED) is 0.819. The van der Waals surface area contributed by atoms with Gasteiger partial charge in [-0.25, -0.2) is 0 Å². The second-order valence-electron chi connectivity index (χ2n) is 7.75. The number of nitrogens with one attached hydrogen (secondary N) is 1. The highest BCUT2D eigenvalue weighted by Crippen LogP contribution is 2.32. The van der Waals surface area contributed by atoms with Crippen LogP contribution in [0.1, 0.15) is 43.5 Å². The van der Waals surface area contributed by atoms with E-state index >= 15 is 0 Å². The lowest BCUT2D eigenvalue weighted by Gasteiger charge is -2.48. The molecule has 0 bridgehead atoms. The fraction of sp³-hybridized carbons (Fsp3) is 0.778. The number of hydrogen-bond donors (Lipinski definition) is 2. The van der Waals surface area contributed by atoms with Gasteiger partial charge in [0, 0.05) is 32.7 Å². The van der Waals surface area contributed by atoms with E-state index in [1.165, 1.54) is 25.0 Å². The van der Waals surface area contributed by atoms with Crippen LogP contribution in [0.2, 0.25) is 0 Å². The Morgan fingerprint density at radius 1 is 1.16 bits per heavy atom. The van der Waals surface area contributed by atoms with Gasteiger partial charge in [0.05, 0.1) is 17.9 Å². The molecule has 1 aromatic rings. The summed E-state index contributed by atoms with van der Waals surface area (Å²) in [6.45, 7) is 7.60. The molecule has 1 amide bonds. The highest BCUT2D eigenvalue weighted by Gasteiger charge is 2.45. The summed E-state index contributed by atoms with van der Waals surface area (Å²) in [5.74, 6) is -0.127. The third-order valence-corrected chi connectivity index (χ3v) is 6.21. The average molecular weight is 346 g/mol. The maximum absolute atomic E-state index is 12.3. The van der Waals surface area contributed by atoms with Gasteiger partial charge in [-0.2, -0.15) is 5.10 Å². The van der Waals surface area contributed by atoms with Crippen LogP contribution >= 0.6 is 0 Å². The number of hydrogen-bond acceptors (Lipinski definition) is 5. The highest BCUT2D eigenvalue weighted by atomic mass is 16.1. The summed E-state index contributed by atoms with van der Waals surface area (Å²) in [4.78, 5) is 17.1. The molecular formula is C18H30N6O. The molecule has 0 radical (unpaired) electrons. The molecule has 25 heavy (non-hydrogen) atoms. The van der Waals surface area contributed by atoms with Crippen LogP contribution < -0.4 is 11.1 Å². The minimum atomic E-state index is -0.422. The minimum Gasteiger partial charge on any atom is -0.368 e. The van der Waals surface area contributed by atoms with E-state index in [0.717, 1.165) is 70.9 Å². The largest absolute Gasteiger partial charge is 0.368 e. The number of primary amides is 1. The van der Waals surface area contributed by atoms with Crippen LogP contribution in [0.15, 0.2) is 6.07 Å². The number of carbonyl (C=O) groups excluding carboxylic acids is 1. The van der Waals surface area contributed by atoms with Crippen LogP contribution in [0.4, 0.5) is 0 Å². The van der Waals surface area contributed by atoms with Gasteiger partial charge in [0.1, 0.15) is 5.54 Å². The number of amides is 1. The Morgan fingerprint density at radius 2 is 1.92 bits per heavy atom. The van der Waals surface area contributed by atoms with Crippen molar-refractivity contribution in [3.05, 3.63) is 17.5 Å². The van der Waals surface area contributed by atoms with Gasteiger partial charge in [-0.3, -0.25) is 19.3 Å². The van der Waals surface area contributed by atoms with Gasteiger partial charge in [0.2, 0.25) is 5.91 Å². The van der Waals surface area contributed by atoms with Crippen LogP contribution in [0, 0.1) is 0 Å². The van der Waals surface area contributed by atoms with Crippen molar-refractivity contribution in [1.29, 1.82) is 0 Å². The van der Waals surface area contributed by atoms with E-state index in [2.05, 4.69) is 25.9 Å². The lowest BCUT2D eigenvalue weighted by atomic mass is 9.83. The normalized spacial score (nSPS) is 24.8. The maximum atomic E-state index is 12.3. The SMILES string of the molecule is NC(=O)C1(N2CCCCC2)CCN(Cc2cc3n(n2)CCNC3)CC1. The molecule has 0 atom stereocenters. The van der Waals surface area contributed by atoms with Crippen LogP contribution in [-0.4, -0.2) is 63.8 Å². The van der Waals surface area contributed by atoms with Gasteiger partial charge in [-0.15, -0.1) is 0 Å². The lowest BCUT2D eigenvalue weighted by Crippen LogP contribution is -2.63. The van der Waals surface area contributed by atoms with Crippen molar-refractivity contribution >= 4 is 5.91 Å². The molecule has 7 nitrogen and oxygen atoms in total. The predicted molar refractivity (Wildman–Crippen MR) is 95.8 cm³/mol. The zero-order chi connectivity index (χ0) is 17.3. The third-order valence-electron chi connectivity index (χ3n) is 6.21. The molecule has 3 aliphatic rings. The number of aromatic nitrogens is 2. The van der Waals surface area contributed by atoms with Crippen molar-refractivity contribution in [3.63, 3.8) is 0 Å². The molecule has 0 unspecified atom stereocenters. The van der Waals surface area contributed by atoms with Crippen LogP contribution in [0.25, 0.3) is 0 Å². The topological polar surface area (TPSA) is 79.4 Å². The molecule has 7 heteroatoms. The molecule has 4 rings (SSSR count). The van der Waals surface area contributed by atoms with Crippen LogP contribution in [-0.2, 0) is 24.4 Å². The summed E-state index contributed by atoms with van der Waals surface area (Å²) in [7, 11) is 0. The van der Waals surface area contributed by atoms with Crippen LogP contribution in [0.3, 0.4) is 0 Å². The van der Waals surface area contributed by atoms with E-state index in [-0.39, 0.29) is 5.91 Å². The zero-order valence-electron chi connectivity index (χ0n) is 15.0. The average Bonchev–Trinajstić information content (AvgIpc) is 3.05. The molecule has 0 spiro atoms. The molecule has 0 aromatic carbocycles. The number of piperidine rings is 2. The third kappa shape index (κ3) is 3.32. The molecule has 2 saturated heterocycles. The summed E-state index contributed by atoms with van der Waals surface area (Å²) in [5.41, 5.74) is 7.87. The minimum absolute atomic E-state index is 0.127. The Morgan fingerprint density at radius 3 is 2.60 bits per heavy atom. The van der Waals surface area contributed by atoms with Gasteiger partial charge in [0.25, 0.3) is 0 Å². The van der Waals surface area contributed by atoms with Crippen molar-refractivity contribution in [2.24, 2.45) is 5.73 Å². The van der Waals surface area contributed by atoms with E-state index < -0.39 is 5.54 Å². The van der Waals surface area contributed by atoms with E-state index in [9.17, 15) is 4.79 Å². The molecule has 4 heterocycles. The van der Waals surface area contributed by atoms with Gasteiger partial charge < -0.3 is 11.1 Å². The fourth-order valence-electron chi connectivity index (χ4n) is 4.68. The number of rotatable bonds is 4. The van der Waals surface area contributed by atoms with Crippen LogP contribution in [0.5, 0.6) is 0 Å². The van der Waals surface area contributed by atoms with Gasteiger partial charge in [-0.1, -0.05) is 6.42 Å². The van der Waals surface area contributed by atoms with Gasteiger partial charge in [-0.05, 0) is 44.8 Å². The van der Waals surface area contributed by atoms with E-state index in [1.807, 2.05) is 0 Å². The molecule has 3 aliphatic heterocycles. The summed E-state index contributed by atoms with van der Waals surface area (Å²) >= 11 is 0. The highest BCUT2D eigenvalue weighted by molar-refractivity contribution is 5.84. The van der Waals surface area contributed by atoms with Crippen molar-refractivity contribution in [2.45, 2.75) is 57.3 Å². The Labute approximate surface area is 149 Å². The zero-order valence-corrected chi connectivity index (χ0v) is 15.0. The van der Waals surface area contributed by atoms with Crippen molar-refractivity contribution in [2.75, 3.05) is 32.7 Å². The molecule has 0 saturated carbocycles. The number of nitrogens with two attached hydrogens (primary N) is 1. The number of carbonyl (C=O) groups is 1. The monoisotopic (exact) mass is 346 g/mol. The molecular weight excluding hydrogens is 316 g/mol. The Hall–Kier alpha value is -1.44. The summed E-state index contributed by atoms with van der Waals surface area (Å²) in [6.07, 6.45) is 5.34. The number of fused-ring (bicyclic) bond motifs is 1. The first kappa shape index (κ1) is 17.0. The molecule has 3 N–H and O–H groups in total. The maximum Gasteiger partial charge on any atom is 0.238 e. The van der Waals surface area contributed by atoms with E-state index in [0.29, 0.717) is 0 Å². The first-order chi connectivity index (χ1) is 12.2. The molecule has 138 valence electrons. The smallest absolute Gasteiger partial charge is 0.238 e. The molecule has 1 aromatic heterocycles. The summed E-state index contributed by atoms with van der Waals surface area (Å²) in [5, 5.41) is 8.13. The number of likely N-dealkylation sites (tertiary alicyclic amines) is 2. The Bertz CT molecular complexity index is 590. The number of nitrogens with zero attached hydrogens (tertiary/aromatic N) is 4. The van der Waals surface area contributed by atoms with E-state index in [4.69, 9.17) is 10.8 Å². The second kappa shape index (κ2) is 7.05. The van der Waals surface area contributed by atoms with Gasteiger partial charge >= 0.3 is 0 Å². The van der Waals surface area contributed by atoms with Crippen molar-refractivity contribution in [1.82, 2.24) is 24.9 Å². The van der Waals surface area contributed by atoms with Crippen molar-refractivity contribution in [3.8, 4) is 0 Å². The van der Waals surface area contributed by atoms with Crippen molar-refractivity contribution < 1.29 is 4.79 Å². The lowest BCUT2D eigenvalue weighted by molar-refractivity contribution is -0.135.